The molecule has 0 aliphatic carbocycles. The van der Waals surface area contributed by atoms with Crippen molar-refractivity contribution >= 4 is 11.6 Å². The predicted molar refractivity (Wildman–Crippen MR) is 91.5 cm³/mol. The van der Waals surface area contributed by atoms with E-state index in [0.29, 0.717) is 11.3 Å². The lowest BCUT2D eigenvalue weighted by Gasteiger charge is -2.11. The second-order valence-electron chi connectivity index (χ2n) is 5.23. The van der Waals surface area contributed by atoms with Crippen molar-refractivity contribution < 1.29 is 4.79 Å². The van der Waals surface area contributed by atoms with Crippen LogP contribution in [0.2, 0.25) is 0 Å². The zero-order valence-corrected chi connectivity index (χ0v) is 12.7. The van der Waals surface area contributed by atoms with E-state index in [4.69, 9.17) is 0 Å². The number of anilines is 1. The van der Waals surface area contributed by atoms with E-state index in [1.165, 1.54) is 10.6 Å². The Morgan fingerprint density at radius 1 is 0.957 bits per heavy atom. The van der Waals surface area contributed by atoms with Crippen LogP contribution in [-0.2, 0) is 7.05 Å². The highest BCUT2D eigenvalue weighted by Gasteiger charge is 2.10. The van der Waals surface area contributed by atoms with Crippen LogP contribution >= 0.6 is 0 Å². The Labute approximate surface area is 134 Å². The van der Waals surface area contributed by atoms with Gasteiger partial charge in [-0.3, -0.25) is 9.59 Å². The fraction of sp³-hybridized carbons (Fsp3) is 0.0526. The van der Waals surface area contributed by atoms with Gasteiger partial charge in [0.25, 0.3) is 11.5 Å². The molecule has 23 heavy (non-hydrogen) atoms. The smallest absolute Gasteiger partial charge is 0.255 e. The van der Waals surface area contributed by atoms with Gasteiger partial charge in [0.15, 0.2) is 0 Å². The van der Waals surface area contributed by atoms with Gasteiger partial charge < -0.3 is 9.88 Å². The molecule has 4 nitrogen and oxygen atoms in total. The van der Waals surface area contributed by atoms with Crippen LogP contribution < -0.4 is 10.9 Å². The molecule has 1 aromatic heterocycles. The van der Waals surface area contributed by atoms with Gasteiger partial charge in [-0.2, -0.15) is 0 Å². The molecule has 0 fully saturated rings. The van der Waals surface area contributed by atoms with Crippen molar-refractivity contribution in [3.05, 3.63) is 88.8 Å². The SMILES string of the molecule is Cn1ccc(C(=O)Nc2ccccc2-c2ccccc2)cc1=O. The number of carbonyl (C=O) groups excluding carboxylic acids is 1. The van der Waals surface area contributed by atoms with Crippen LogP contribution in [0.1, 0.15) is 10.4 Å². The summed E-state index contributed by atoms with van der Waals surface area (Å²) < 4.78 is 1.43. The summed E-state index contributed by atoms with van der Waals surface area (Å²) in [5.41, 5.74) is 2.80. The number of hydrogen-bond acceptors (Lipinski definition) is 2. The Hall–Kier alpha value is -3.14. The first-order valence-electron chi connectivity index (χ1n) is 7.27. The fourth-order valence-electron chi connectivity index (χ4n) is 2.35. The van der Waals surface area contributed by atoms with Crippen LogP contribution in [0.4, 0.5) is 5.69 Å². The summed E-state index contributed by atoms with van der Waals surface area (Å²) in [6.07, 6.45) is 1.58. The molecule has 2 aromatic carbocycles. The first-order valence-corrected chi connectivity index (χ1v) is 7.27. The maximum Gasteiger partial charge on any atom is 0.255 e. The number of amides is 1. The Morgan fingerprint density at radius 2 is 1.65 bits per heavy atom. The topological polar surface area (TPSA) is 51.1 Å². The van der Waals surface area contributed by atoms with Gasteiger partial charge in [-0.1, -0.05) is 48.5 Å². The minimum Gasteiger partial charge on any atom is -0.321 e. The van der Waals surface area contributed by atoms with Gasteiger partial charge in [-0.05, 0) is 17.7 Å². The van der Waals surface area contributed by atoms with E-state index in [9.17, 15) is 9.59 Å². The number of benzene rings is 2. The predicted octanol–water partition coefficient (Wildman–Crippen LogP) is 3.30. The average Bonchev–Trinajstić information content (AvgIpc) is 2.58. The summed E-state index contributed by atoms with van der Waals surface area (Å²) in [5.74, 6) is -0.300. The molecule has 3 aromatic rings. The number of para-hydroxylation sites is 1. The molecule has 0 aliphatic rings. The standard InChI is InChI=1S/C19H16N2O2/c1-21-12-11-15(13-18(21)22)19(23)20-17-10-6-5-9-16(17)14-7-3-2-4-8-14/h2-13H,1H3,(H,20,23). The number of aromatic nitrogens is 1. The van der Waals surface area contributed by atoms with E-state index in [-0.39, 0.29) is 11.5 Å². The third-order valence-electron chi connectivity index (χ3n) is 3.63. The highest BCUT2D eigenvalue weighted by Crippen LogP contribution is 2.27. The summed E-state index contributed by atoms with van der Waals surface area (Å²) >= 11 is 0. The molecule has 3 rings (SSSR count). The van der Waals surface area contributed by atoms with Gasteiger partial charge in [0.1, 0.15) is 0 Å². The van der Waals surface area contributed by atoms with E-state index in [0.717, 1.165) is 11.1 Å². The molecule has 1 heterocycles. The van der Waals surface area contributed by atoms with Crippen molar-refractivity contribution in [2.24, 2.45) is 7.05 Å². The van der Waals surface area contributed by atoms with Crippen LogP contribution in [0.15, 0.2) is 77.7 Å². The summed E-state index contributed by atoms with van der Waals surface area (Å²) in [4.78, 5) is 24.1. The zero-order valence-electron chi connectivity index (χ0n) is 12.7. The molecule has 1 N–H and O–H groups in total. The minimum atomic E-state index is -0.300. The lowest BCUT2D eigenvalue weighted by atomic mass is 10.0. The molecular formula is C19H16N2O2. The maximum absolute atomic E-state index is 12.4. The van der Waals surface area contributed by atoms with Gasteiger partial charge in [0, 0.05) is 36.1 Å². The lowest BCUT2D eigenvalue weighted by molar-refractivity contribution is 0.102. The van der Waals surface area contributed by atoms with Gasteiger partial charge in [-0.25, -0.2) is 0 Å². The Morgan fingerprint density at radius 3 is 2.39 bits per heavy atom. The van der Waals surface area contributed by atoms with Crippen molar-refractivity contribution in [3.8, 4) is 11.1 Å². The average molecular weight is 304 g/mol. The lowest BCUT2D eigenvalue weighted by Crippen LogP contribution is -2.20. The number of pyridine rings is 1. The van der Waals surface area contributed by atoms with Crippen LogP contribution in [0.25, 0.3) is 11.1 Å². The highest BCUT2D eigenvalue weighted by molar-refractivity contribution is 6.06. The van der Waals surface area contributed by atoms with Crippen molar-refractivity contribution in [3.63, 3.8) is 0 Å². The van der Waals surface area contributed by atoms with Gasteiger partial charge in [-0.15, -0.1) is 0 Å². The number of nitrogens with one attached hydrogen (secondary N) is 1. The monoisotopic (exact) mass is 304 g/mol. The molecule has 0 aliphatic heterocycles. The van der Waals surface area contributed by atoms with E-state index in [2.05, 4.69) is 5.32 Å². The molecule has 0 saturated heterocycles. The van der Waals surface area contributed by atoms with Crippen LogP contribution in [0.3, 0.4) is 0 Å². The summed E-state index contributed by atoms with van der Waals surface area (Å²) in [6.45, 7) is 0. The van der Waals surface area contributed by atoms with Gasteiger partial charge >= 0.3 is 0 Å². The third kappa shape index (κ3) is 3.21. The quantitative estimate of drug-likeness (QED) is 0.807. The van der Waals surface area contributed by atoms with E-state index in [1.54, 1.807) is 19.3 Å². The second kappa shape index (κ2) is 6.32. The van der Waals surface area contributed by atoms with Crippen LogP contribution in [0, 0.1) is 0 Å². The number of aryl methyl sites for hydroxylation is 1. The van der Waals surface area contributed by atoms with Crippen molar-refractivity contribution in [1.29, 1.82) is 0 Å². The molecule has 0 saturated carbocycles. The molecule has 4 heteroatoms. The Balaban J connectivity index is 1.93. The van der Waals surface area contributed by atoms with E-state index in [1.807, 2.05) is 54.6 Å². The summed E-state index contributed by atoms with van der Waals surface area (Å²) in [6, 6.07) is 20.4. The van der Waals surface area contributed by atoms with Gasteiger partial charge in [0.2, 0.25) is 0 Å². The maximum atomic E-state index is 12.4. The molecule has 0 radical (unpaired) electrons. The minimum absolute atomic E-state index is 0.214. The third-order valence-corrected chi connectivity index (χ3v) is 3.63. The van der Waals surface area contributed by atoms with Crippen molar-refractivity contribution in [2.75, 3.05) is 5.32 Å². The van der Waals surface area contributed by atoms with Crippen molar-refractivity contribution in [1.82, 2.24) is 4.57 Å². The van der Waals surface area contributed by atoms with Crippen LogP contribution in [0.5, 0.6) is 0 Å². The van der Waals surface area contributed by atoms with E-state index < -0.39 is 0 Å². The normalized spacial score (nSPS) is 10.3. The van der Waals surface area contributed by atoms with Crippen molar-refractivity contribution in [2.45, 2.75) is 0 Å². The Bertz CT molecular complexity index is 898. The first kappa shape index (κ1) is 14.8. The largest absolute Gasteiger partial charge is 0.321 e. The Kier molecular flexibility index (Phi) is 4.06. The molecular weight excluding hydrogens is 288 g/mol. The molecule has 114 valence electrons. The van der Waals surface area contributed by atoms with Gasteiger partial charge in [0.05, 0.1) is 0 Å². The molecule has 0 atom stereocenters. The van der Waals surface area contributed by atoms with Crippen LogP contribution in [-0.4, -0.2) is 10.5 Å². The first-order chi connectivity index (χ1) is 11.1. The number of rotatable bonds is 3. The number of carbonyl (C=O) groups is 1. The number of nitrogens with zero attached hydrogens (tertiary/aromatic N) is 1. The zero-order chi connectivity index (χ0) is 16.2. The molecule has 0 unspecified atom stereocenters. The highest BCUT2D eigenvalue weighted by atomic mass is 16.2. The fourth-order valence-corrected chi connectivity index (χ4v) is 2.35. The summed E-state index contributed by atoms with van der Waals surface area (Å²) in [7, 11) is 1.65. The molecule has 0 spiro atoms. The summed E-state index contributed by atoms with van der Waals surface area (Å²) in [5, 5.41) is 2.88. The number of hydrogen-bond donors (Lipinski definition) is 1. The second-order valence-corrected chi connectivity index (χ2v) is 5.23. The van der Waals surface area contributed by atoms with E-state index >= 15 is 0 Å². The molecule has 1 amide bonds. The molecule has 0 bridgehead atoms.